The van der Waals surface area contributed by atoms with E-state index in [-0.39, 0.29) is 12.5 Å². The quantitative estimate of drug-likeness (QED) is 0.858. The third-order valence-electron chi connectivity index (χ3n) is 2.83. The predicted octanol–water partition coefficient (Wildman–Crippen LogP) is 1.20. The molecule has 1 fully saturated rings. The first-order valence-corrected chi connectivity index (χ1v) is 6.20. The van der Waals surface area contributed by atoms with E-state index in [0.29, 0.717) is 38.0 Å². The van der Waals surface area contributed by atoms with Crippen molar-refractivity contribution in [3.05, 3.63) is 11.8 Å². The van der Waals surface area contributed by atoms with Crippen LogP contribution in [-0.4, -0.2) is 41.1 Å². The van der Waals surface area contributed by atoms with Crippen molar-refractivity contribution in [3.63, 3.8) is 0 Å². The van der Waals surface area contributed by atoms with Crippen LogP contribution in [0.3, 0.4) is 0 Å². The van der Waals surface area contributed by atoms with Gasteiger partial charge in [-0.25, -0.2) is 0 Å². The molecule has 106 valence electrons. The number of ether oxygens (including phenoxy) is 2. The summed E-state index contributed by atoms with van der Waals surface area (Å²) >= 11 is 0. The molecule has 1 unspecified atom stereocenters. The Morgan fingerprint density at radius 3 is 2.84 bits per heavy atom. The first kappa shape index (κ1) is 14.0. The SMILES string of the molecule is CC(C)(CC(=O)O)Cc1nnc(C2COCCO2)o1. The van der Waals surface area contributed by atoms with Gasteiger partial charge < -0.3 is 19.0 Å². The largest absolute Gasteiger partial charge is 0.481 e. The van der Waals surface area contributed by atoms with Crippen LogP contribution in [0, 0.1) is 5.41 Å². The van der Waals surface area contributed by atoms with Crippen molar-refractivity contribution in [1.82, 2.24) is 10.2 Å². The molecule has 7 nitrogen and oxygen atoms in total. The summed E-state index contributed by atoms with van der Waals surface area (Å²) in [5.41, 5.74) is -0.431. The van der Waals surface area contributed by atoms with E-state index in [1.807, 2.05) is 13.8 Å². The van der Waals surface area contributed by atoms with Gasteiger partial charge in [0.15, 0.2) is 6.10 Å². The molecular formula is C12H18N2O5. The Balaban J connectivity index is 1.98. The molecule has 7 heteroatoms. The molecule has 0 amide bonds. The second-order valence-electron chi connectivity index (χ2n) is 5.38. The number of carbonyl (C=O) groups is 1. The van der Waals surface area contributed by atoms with Gasteiger partial charge in [-0.15, -0.1) is 10.2 Å². The van der Waals surface area contributed by atoms with E-state index in [0.717, 1.165) is 0 Å². The van der Waals surface area contributed by atoms with Gasteiger partial charge >= 0.3 is 5.97 Å². The van der Waals surface area contributed by atoms with Crippen molar-refractivity contribution >= 4 is 5.97 Å². The molecule has 0 radical (unpaired) electrons. The standard InChI is InChI=1S/C12H18N2O5/c1-12(2,6-10(15)16)5-9-13-14-11(19-9)8-7-17-3-4-18-8/h8H,3-7H2,1-2H3,(H,15,16). The molecule has 1 aromatic heterocycles. The lowest BCUT2D eigenvalue weighted by Crippen LogP contribution is -2.22. The second kappa shape index (κ2) is 5.66. The number of hydrogen-bond donors (Lipinski definition) is 1. The fourth-order valence-corrected chi connectivity index (χ4v) is 1.98. The highest BCUT2D eigenvalue weighted by Crippen LogP contribution is 2.27. The van der Waals surface area contributed by atoms with Gasteiger partial charge in [-0.1, -0.05) is 13.8 Å². The van der Waals surface area contributed by atoms with Crippen LogP contribution in [0.15, 0.2) is 4.42 Å². The average Bonchev–Trinajstić information content (AvgIpc) is 2.76. The number of nitrogens with zero attached hydrogens (tertiary/aromatic N) is 2. The van der Waals surface area contributed by atoms with Crippen molar-refractivity contribution in [2.45, 2.75) is 32.8 Å². The Labute approximate surface area is 110 Å². The smallest absolute Gasteiger partial charge is 0.303 e. The van der Waals surface area contributed by atoms with Crippen LogP contribution in [0.25, 0.3) is 0 Å². The van der Waals surface area contributed by atoms with E-state index in [1.54, 1.807) is 0 Å². The minimum Gasteiger partial charge on any atom is -0.481 e. The summed E-state index contributed by atoms with van der Waals surface area (Å²) in [5.74, 6) is -0.0231. The zero-order chi connectivity index (χ0) is 13.9. The molecule has 0 aliphatic carbocycles. The molecule has 0 spiro atoms. The summed E-state index contributed by atoms with van der Waals surface area (Å²) in [5, 5.41) is 16.7. The van der Waals surface area contributed by atoms with Gasteiger partial charge in [-0.3, -0.25) is 4.79 Å². The Bertz CT molecular complexity index is 437. The highest BCUT2D eigenvalue weighted by atomic mass is 16.6. The Morgan fingerprint density at radius 2 is 2.21 bits per heavy atom. The van der Waals surface area contributed by atoms with E-state index < -0.39 is 11.4 Å². The lowest BCUT2D eigenvalue weighted by molar-refractivity contribution is -0.139. The van der Waals surface area contributed by atoms with Crippen molar-refractivity contribution in [1.29, 1.82) is 0 Å². The van der Waals surface area contributed by atoms with Crippen molar-refractivity contribution in [2.24, 2.45) is 5.41 Å². The van der Waals surface area contributed by atoms with Gasteiger partial charge in [-0.2, -0.15) is 0 Å². The van der Waals surface area contributed by atoms with Crippen LogP contribution in [-0.2, 0) is 20.7 Å². The van der Waals surface area contributed by atoms with E-state index in [2.05, 4.69) is 10.2 Å². The van der Waals surface area contributed by atoms with E-state index in [1.165, 1.54) is 0 Å². The van der Waals surface area contributed by atoms with Crippen LogP contribution in [0.2, 0.25) is 0 Å². The third kappa shape index (κ3) is 4.00. The van der Waals surface area contributed by atoms with Crippen molar-refractivity contribution in [3.8, 4) is 0 Å². The molecule has 0 saturated carbocycles. The number of aliphatic carboxylic acids is 1. The molecule has 19 heavy (non-hydrogen) atoms. The number of rotatable bonds is 5. The molecule has 1 aliphatic heterocycles. The molecule has 1 N–H and O–H groups in total. The molecule has 1 atom stereocenters. The summed E-state index contributed by atoms with van der Waals surface area (Å²) in [7, 11) is 0. The normalized spacial score (nSPS) is 20.4. The Morgan fingerprint density at radius 1 is 1.42 bits per heavy atom. The summed E-state index contributed by atoms with van der Waals surface area (Å²) < 4.78 is 16.2. The lowest BCUT2D eigenvalue weighted by Gasteiger charge is -2.20. The van der Waals surface area contributed by atoms with Gasteiger partial charge in [-0.05, 0) is 5.41 Å². The van der Waals surface area contributed by atoms with Crippen molar-refractivity contribution < 1.29 is 23.8 Å². The first-order valence-electron chi connectivity index (χ1n) is 6.20. The van der Waals surface area contributed by atoms with Gasteiger partial charge in [0.25, 0.3) is 0 Å². The predicted molar refractivity (Wildman–Crippen MR) is 63.5 cm³/mol. The molecule has 1 saturated heterocycles. The number of aromatic nitrogens is 2. The minimum atomic E-state index is -0.839. The lowest BCUT2D eigenvalue weighted by atomic mass is 9.86. The molecule has 2 rings (SSSR count). The molecular weight excluding hydrogens is 252 g/mol. The summed E-state index contributed by atoms with van der Waals surface area (Å²) in [6.45, 7) is 5.19. The van der Waals surface area contributed by atoms with Crippen LogP contribution >= 0.6 is 0 Å². The Hall–Kier alpha value is -1.47. The monoisotopic (exact) mass is 270 g/mol. The number of carboxylic acid groups (broad SMARTS) is 1. The highest BCUT2D eigenvalue weighted by Gasteiger charge is 2.27. The highest BCUT2D eigenvalue weighted by molar-refractivity contribution is 5.67. The van der Waals surface area contributed by atoms with Crippen LogP contribution in [0.4, 0.5) is 0 Å². The molecule has 2 heterocycles. The number of carboxylic acids is 1. The first-order chi connectivity index (χ1) is 8.96. The fourth-order valence-electron chi connectivity index (χ4n) is 1.98. The zero-order valence-corrected chi connectivity index (χ0v) is 11.1. The van der Waals surface area contributed by atoms with Gasteiger partial charge in [0, 0.05) is 6.42 Å². The van der Waals surface area contributed by atoms with Gasteiger partial charge in [0.1, 0.15) is 0 Å². The average molecular weight is 270 g/mol. The minimum absolute atomic E-state index is 0.0494. The molecule has 0 bridgehead atoms. The maximum Gasteiger partial charge on any atom is 0.303 e. The van der Waals surface area contributed by atoms with Crippen molar-refractivity contribution in [2.75, 3.05) is 19.8 Å². The molecule has 1 aromatic rings. The molecule has 1 aliphatic rings. The Kier molecular flexibility index (Phi) is 4.16. The zero-order valence-electron chi connectivity index (χ0n) is 11.1. The summed E-state index contributed by atoms with van der Waals surface area (Å²) in [4.78, 5) is 10.8. The van der Waals surface area contributed by atoms with Gasteiger partial charge in [0.2, 0.25) is 11.8 Å². The van der Waals surface area contributed by atoms with Crippen LogP contribution in [0.5, 0.6) is 0 Å². The topological polar surface area (TPSA) is 94.7 Å². The van der Waals surface area contributed by atoms with Gasteiger partial charge in [0.05, 0.1) is 26.2 Å². The van der Waals surface area contributed by atoms with E-state index in [4.69, 9.17) is 19.0 Å². The third-order valence-corrected chi connectivity index (χ3v) is 2.83. The fraction of sp³-hybridized carbons (Fsp3) is 0.750. The van der Waals surface area contributed by atoms with E-state index in [9.17, 15) is 4.79 Å². The summed E-state index contributed by atoms with van der Waals surface area (Å²) in [6.07, 6.45) is 0.144. The maximum atomic E-state index is 10.8. The molecule has 0 aromatic carbocycles. The van der Waals surface area contributed by atoms with Crippen LogP contribution in [0.1, 0.15) is 38.2 Å². The van der Waals surface area contributed by atoms with E-state index >= 15 is 0 Å². The maximum absolute atomic E-state index is 10.8. The van der Waals surface area contributed by atoms with Crippen LogP contribution < -0.4 is 0 Å². The second-order valence-corrected chi connectivity index (χ2v) is 5.38. The summed E-state index contributed by atoms with van der Waals surface area (Å²) in [6, 6.07) is 0. The number of hydrogen-bond acceptors (Lipinski definition) is 6.